The highest BCUT2D eigenvalue weighted by Gasteiger charge is 2.21. The average Bonchev–Trinajstić information content (AvgIpc) is 3.12. The van der Waals surface area contributed by atoms with Crippen LogP contribution in [-0.4, -0.2) is 20.5 Å². The first kappa shape index (κ1) is 20.1. The molecule has 2 aromatic heterocycles. The van der Waals surface area contributed by atoms with Gasteiger partial charge in [0.05, 0.1) is 21.8 Å². The van der Waals surface area contributed by atoms with Gasteiger partial charge in [0.2, 0.25) is 0 Å². The SMILES string of the molecule is Cc1c(C#N)c2nc3ccccc3n2c(=O)c1=CNNC(=S)N[C@@H]1CCCC[C@H]1C. The monoisotopic (exact) mass is 420 g/mol. The number of imidazole rings is 1. The smallest absolute Gasteiger partial charge is 0.265 e. The number of pyridine rings is 1. The summed E-state index contributed by atoms with van der Waals surface area (Å²) in [6.45, 7) is 3.99. The molecule has 1 aliphatic rings. The summed E-state index contributed by atoms with van der Waals surface area (Å²) in [6.07, 6.45) is 6.34. The zero-order chi connectivity index (χ0) is 21.3. The Morgan fingerprint density at radius 1 is 1.33 bits per heavy atom. The van der Waals surface area contributed by atoms with E-state index in [0.29, 0.717) is 50.1 Å². The first-order chi connectivity index (χ1) is 14.5. The van der Waals surface area contributed by atoms with Crippen molar-refractivity contribution in [2.75, 3.05) is 0 Å². The predicted molar refractivity (Wildman–Crippen MR) is 122 cm³/mol. The molecule has 30 heavy (non-hydrogen) atoms. The van der Waals surface area contributed by atoms with Crippen molar-refractivity contribution in [3.8, 4) is 6.07 Å². The lowest BCUT2D eigenvalue weighted by Crippen LogP contribution is -2.49. The third kappa shape index (κ3) is 3.57. The molecule has 0 unspecified atom stereocenters. The highest BCUT2D eigenvalue weighted by molar-refractivity contribution is 7.80. The summed E-state index contributed by atoms with van der Waals surface area (Å²) >= 11 is 5.39. The van der Waals surface area contributed by atoms with Crippen LogP contribution in [0.5, 0.6) is 0 Å². The van der Waals surface area contributed by atoms with E-state index < -0.39 is 0 Å². The zero-order valence-electron chi connectivity index (χ0n) is 17.0. The first-order valence-electron chi connectivity index (χ1n) is 10.2. The molecular weight excluding hydrogens is 396 g/mol. The molecule has 0 amide bonds. The fourth-order valence-corrected chi connectivity index (χ4v) is 4.41. The van der Waals surface area contributed by atoms with Crippen molar-refractivity contribution in [1.82, 2.24) is 25.6 Å². The number of para-hydroxylation sites is 2. The first-order valence-corrected chi connectivity index (χ1v) is 10.6. The van der Waals surface area contributed by atoms with Crippen molar-refractivity contribution in [2.24, 2.45) is 5.92 Å². The van der Waals surface area contributed by atoms with Crippen LogP contribution in [0.3, 0.4) is 0 Å². The van der Waals surface area contributed by atoms with Crippen LogP contribution >= 0.6 is 12.2 Å². The van der Waals surface area contributed by atoms with Crippen LogP contribution in [0.25, 0.3) is 22.9 Å². The van der Waals surface area contributed by atoms with Crippen LogP contribution < -0.4 is 26.9 Å². The number of nitrogens with one attached hydrogen (secondary N) is 3. The summed E-state index contributed by atoms with van der Waals surface area (Å²) in [6, 6.07) is 9.92. The number of nitrogens with zero attached hydrogens (tertiary/aromatic N) is 3. The van der Waals surface area contributed by atoms with Gasteiger partial charge in [-0.1, -0.05) is 31.9 Å². The molecule has 0 spiro atoms. The number of hydrazine groups is 1. The fourth-order valence-electron chi connectivity index (χ4n) is 4.20. The molecular formula is C22H24N6OS. The van der Waals surface area contributed by atoms with E-state index in [4.69, 9.17) is 12.2 Å². The molecule has 3 aromatic rings. The summed E-state index contributed by atoms with van der Waals surface area (Å²) in [5.41, 5.74) is 8.34. The number of rotatable bonds is 3. The van der Waals surface area contributed by atoms with Gasteiger partial charge in [0, 0.05) is 12.2 Å². The highest BCUT2D eigenvalue weighted by Crippen LogP contribution is 2.23. The van der Waals surface area contributed by atoms with Crippen molar-refractivity contribution < 1.29 is 0 Å². The van der Waals surface area contributed by atoms with Crippen LogP contribution in [0.15, 0.2) is 29.1 Å². The molecule has 2 atom stereocenters. The summed E-state index contributed by atoms with van der Waals surface area (Å²) in [7, 11) is 0. The van der Waals surface area contributed by atoms with Gasteiger partial charge < -0.3 is 10.7 Å². The molecule has 0 radical (unpaired) electrons. The van der Waals surface area contributed by atoms with Crippen LogP contribution in [0.4, 0.5) is 0 Å². The maximum atomic E-state index is 13.2. The van der Waals surface area contributed by atoms with Gasteiger partial charge >= 0.3 is 0 Å². The second-order valence-electron chi connectivity index (χ2n) is 7.85. The standard InChI is InChI=1S/C22H24N6OS/c1-13-7-3-4-8-17(13)26-22(30)27-24-12-16-14(2)15(11-23)20-25-18-9-5-6-10-19(18)28(20)21(16)29/h5-6,9-10,12-13,17,24H,3-4,7-8H2,1-2H3,(H2,26,27,30)/t13-,17-/m1/s1. The molecule has 8 heteroatoms. The van der Waals surface area contributed by atoms with Gasteiger partial charge in [-0.2, -0.15) is 5.26 Å². The molecule has 3 N–H and O–H groups in total. The third-order valence-electron chi connectivity index (χ3n) is 5.94. The zero-order valence-corrected chi connectivity index (χ0v) is 17.8. The number of hydrogen-bond acceptors (Lipinski definition) is 5. The molecule has 154 valence electrons. The molecule has 2 heterocycles. The average molecular weight is 421 g/mol. The Hall–Kier alpha value is -3.18. The van der Waals surface area contributed by atoms with Crippen LogP contribution in [0, 0.1) is 24.2 Å². The van der Waals surface area contributed by atoms with Crippen molar-refractivity contribution >= 4 is 40.2 Å². The van der Waals surface area contributed by atoms with Crippen LogP contribution in [0.1, 0.15) is 43.7 Å². The molecule has 1 fully saturated rings. The minimum Gasteiger partial charge on any atom is -0.358 e. The molecule has 0 aliphatic heterocycles. The van der Waals surface area contributed by atoms with Gasteiger partial charge in [-0.15, -0.1) is 0 Å². The van der Waals surface area contributed by atoms with Gasteiger partial charge in [0.25, 0.3) is 5.56 Å². The lowest BCUT2D eigenvalue weighted by molar-refractivity contribution is 0.308. The van der Waals surface area contributed by atoms with Crippen molar-refractivity contribution in [1.29, 1.82) is 5.26 Å². The number of fused-ring (bicyclic) bond motifs is 3. The Kier molecular flexibility index (Phi) is 5.55. The highest BCUT2D eigenvalue weighted by atomic mass is 32.1. The second kappa shape index (κ2) is 8.28. The quantitative estimate of drug-likeness (QED) is 0.441. The Bertz CT molecular complexity index is 1270. The van der Waals surface area contributed by atoms with Gasteiger partial charge in [-0.3, -0.25) is 14.6 Å². The number of nitriles is 1. The maximum Gasteiger partial charge on any atom is 0.265 e. The molecule has 1 saturated carbocycles. The lowest BCUT2D eigenvalue weighted by atomic mass is 9.86. The van der Waals surface area contributed by atoms with Gasteiger partial charge in [0.1, 0.15) is 6.07 Å². The van der Waals surface area contributed by atoms with Gasteiger partial charge in [-0.25, -0.2) is 4.98 Å². The van der Waals surface area contributed by atoms with Crippen molar-refractivity contribution in [3.05, 3.63) is 51.0 Å². The number of benzene rings is 1. The predicted octanol–water partition coefficient (Wildman–Crippen LogP) is 2.03. The number of thiocarbonyl (C=S) groups is 1. The molecule has 0 saturated heterocycles. The topological polar surface area (TPSA) is 94.2 Å². The van der Waals surface area contributed by atoms with Crippen LogP contribution in [0.2, 0.25) is 0 Å². The Morgan fingerprint density at radius 2 is 2.10 bits per heavy atom. The normalized spacial score (nSPS) is 19.6. The van der Waals surface area contributed by atoms with E-state index in [1.54, 1.807) is 13.1 Å². The molecule has 1 aliphatic carbocycles. The Morgan fingerprint density at radius 3 is 2.87 bits per heavy atom. The van der Waals surface area contributed by atoms with E-state index in [2.05, 4.69) is 34.1 Å². The van der Waals surface area contributed by atoms with E-state index >= 15 is 0 Å². The van der Waals surface area contributed by atoms with E-state index in [1.807, 2.05) is 24.3 Å². The largest absolute Gasteiger partial charge is 0.358 e. The lowest BCUT2D eigenvalue weighted by Gasteiger charge is -2.30. The third-order valence-corrected chi connectivity index (χ3v) is 6.16. The number of hydrogen-bond donors (Lipinski definition) is 3. The van der Waals surface area contributed by atoms with Crippen LogP contribution in [-0.2, 0) is 0 Å². The van der Waals surface area contributed by atoms with E-state index in [-0.39, 0.29) is 5.56 Å². The molecule has 1 aromatic carbocycles. The minimum absolute atomic E-state index is 0.232. The molecule has 7 nitrogen and oxygen atoms in total. The van der Waals surface area contributed by atoms with Crippen molar-refractivity contribution in [2.45, 2.75) is 45.6 Å². The van der Waals surface area contributed by atoms with Gasteiger partial charge in [-0.05, 0) is 55.6 Å². The Balaban J connectivity index is 1.64. The summed E-state index contributed by atoms with van der Waals surface area (Å²) in [4.78, 5) is 17.7. The van der Waals surface area contributed by atoms with E-state index in [1.165, 1.54) is 23.7 Å². The molecule has 4 rings (SSSR count). The Labute approximate surface area is 179 Å². The summed E-state index contributed by atoms with van der Waals surface area (Å²) < 4.78 is 1.49. The minimum atomic E-state index is -0.232. The maximum absolute atomic E-state index is 13.2. The fraction of sp³-hybridized carbons (Fsp3) is 0.364. The summed E-state index contributed by atoms with van der Waals surface area (Å²) in [5, 5.41) is 13.9. The number of aromatic nitrogens is 2. The van der Waals surface area contributed by atoms with E-state index in [0.717, 1.165) is 6.42 Å². The van der Waals surface area contributed by atoms with Crippen molar-refractivity contribution in [3.63, 3.8) is 0 Å². The molecule has 0 bridgehead atoms. The second-order valence-corrected chi connectivity index (χ2v) is 8.25. The summed E-state index contributed by atoms with van der Waals surface area (Å²) in [5.74, 6) is 0.577. The van der Waals surface area contributed by atoms with Gasteiger partial charge in [0.15, 0.2) is 10.8 Å². The van der Waals surface area contributed by atoms with E-state index in [9.17, 15) is 10.1 Å².